The summed E-state index contributed by atoms with van der Waals surface area (Å²) >= 11 is 0. The maximum Gasteiger partial charge on any atom is 0.0587 e. The minimum atomic E-state index is 0.208. The van der Waals surface area contributed by atoms with Gasteiger partial charge in [0.05, 0.1) is 6.61 Å². The molecule has 0 heterocycles. The van der Waals surface area contributed by atoms with E-state index in [2.05, 4.69) is 51.2 Å². The van der Waals surface area contributed by atoms with E-state index >= 15 is 0 Å². The van der Waals surface area contributed by atoms with Crippen molar-refractivity contribution in [3.8, 4) is 0 Å². The molecule has 0 aliphatic carbocycles. The lowest BCUT2D eigenvalue weighted by Gasteiger charge is -2.20. The number of aliphatic hydroxyl groups is 1. The first-order chi connectivity index (χ1) is 8.04. The highest BCUT2D eigenvalue weighted by atomic mass is 16.3. The molecule has 2 N–H and O–H groups in total. The molecule has 0 aliphatic rings. The van der Waals surface area contributed by atoms with Crippen LogP contribution in [0.5, 0.6) is 0 Å². The van der Waals surface area contributed by atoms with E-state index in [0.717, 1.165) is 13.0 Å². The predicted molar refractivity (Wildman–Crippen MR) is 73.3 cm³/mol. The fourth-order valence-electron chi connectivity index (χ4n) is 1.97. The van der Waals surface area contributed by atoms with Crippen LogP contribution >= 0.6 is 0 Å². The molecule has 1 atom stereocenters. The van der Waals surface area contributed by atoms with Crippen molar-refractivity contribution in [1.29, 1.82) is 0 Å². The van der Waals surface area contributed by atoms with Gasteiger partial charge in [-0.1, -0.05) is 37.6 Å². The molecule has 0 aromatic heterocycles. The van der Waals surface area contributed by atoms with Crippen LogP contribution < -0.4 is 5.32 Å². The Morgan fingerprint density at radius 3 is 2.53 bits per heavy atom. The van der Waals surface area contributed by atoms with Crippen molar-refractivity contribution in [3.05, 3.63) is 34.9 Å². The molecular formula is C15H25NO. The monoisotopic (exact) mass is 235 g/mol. The van der Waals surface area contributed by atoms with Gasteiger partial charge in [0, 0.05) is 6.04 Å². The second-order valence-corrected chi connectivity index (χ2v) is 5.17. The average Bonchev–Trinajstić information content (AvgIpc) is 2.28. The fourth-order valence-corrected chi connectivity index (χ4v) is 1.97. The van der Waals surface area contributed by atoms with Gasteiger partial charge in [-0.15, -0.1) is 0 Å². The van der Waals surface area contributed by atoms with Crippen molar-refractivity contribution >= 4 is 0 Å². The molecule has 2 heteroatoms. The molecule has 0 amide bonds. The molecule has 0 spiro atoms. The third kappa shape index (κ3) is 4.49. The van der Waals surface area contributed by atoms with Crippen molar-refractivity contribution in [1.82, 2.24) is 5.32 Å². The van der Waals surface area contributed by atoms with E-state index in [9.17, 15) is 5.11 Å². The van der Waals surface area contributed by atoms with Gasteiger partial charge in [-0.05, 0) is 43.9 Å². The Kier molecular flexibility index (Phi) is 5.66. The lowest BCUT2D eigenvalue weighted by atomic mass is 10.0. The quantitative estimate of drug-likeness (QED) is 0.794. The lowest BCUT2D eigenvalue weighted by Crippen LogP contribution is -2.38. The molecule has 1 aromatic carbocycles. The Morgan fingerprint density at radius 2 is 1.94 bits per heavy atom. The molecule has 1 aromatic rings. The van der Waals surface area contributed by atoms with Gasteiger partial charge >= 0.3 is 0 Å². The summed E-state index contributed by atoms with van der Waals surface area (Å²) in [5.41, 5.74) is 4.06. The Bertz CT molecular complexity index is 347. The molecule has 0 aliphatic heterocycles. The van der Waals surface area contributed by atoms with Crippen LogP contribution in [-0.2, 0) is 6.42 Å². The number of rotatable bonds is 6. The Morgan fingerprint density at radius 1 is 1.24 bits per heavy atom. The van der Waals surface area contributed by atoms with Gasteiger partial charge in [0.25, 0.3) is 0 Å². The molecule has 1 unspecified atom stereocenters. The second kappa shape index (κ2) is 6.77. The first-order valence-corrected chi connectivity index (χ1v) is 6.45. The molecule has 0 fully saturated rings. The van der Waals surface area contributed by atoms with Gasteiger partial charge in [0.15, 0.2) is 0 Å². The lowest BCUT2D eigenvalue weighted by molar-refractivity contribution is 0.212. The van der Waals surface area contributed by atoms with Crippen molar-refractivity contribution in [2.24, 2.45) is 5.92 Å². The molecular weight excluding hydrogens is 210 g/mol. The number of hydrogen-bond acceptors (Lipinski definition) is 2. The van der Waals surface area contributed by atoms with E-state index in [0.29, 0.717) is 5.92 Å². The van der Waals surface area contributed by atoms with Crippen LogP contribution in [0.25, 0.3) is 0 Å². The van der Waals surface area contributed by atoms with Crippen molar-refractivity contribution in [3.63, 3.8) is 0 Å². The molecule has 0 radical (unpaired) electrons. The number of aryl methyl sites for hydroxylation is 2. The zero-order valence-electron chi connectivity index (χ0n) is 11.5. The van der Waals surface area contributed by atoms with Crippen molar-refractivity contribution < 1.29 is 5.11 Å². The maximum absolute atomic E-state index is 9.23. The molecule has 1 rings (SSSR count). The zero-order valence-corrected chi connectivity index (χ0v) is 11.5. The molecule has 17 heavy (non-hydrogen) atoms. The van der Waals surface area contributed by atoms with Crippen LogP contribution in [0.2, 0.25) is 0 Å². The van der Waals surface area contributed by atoms with E-state index in [1.54, 1.807) is 0 Å². The highest BCUT2D eigenvalue weighted by Gasteiger charge is 2.10. The van der Waals surface area contributed by atoms with Gasteiger partial charge in [0.1, 0.15) is 0 Å². The minimum absolute atomic E-state index is 0.208. The van der Waals surface area contributed by atoms with Crippen molar-refractivity contribution in [2.75, 3.05) is 13.2 Å². The summed E-state index contributed by atoms with van der Waals surface area (Å²) in [4.78, 5) is 0. The number of hydrogen-bond donors (Lipinski definition) is 2. The van der Waals surface area contributed by atoms with E-state index in [1.165, 1.54) is 16.7 Å². The van der Waals surface area contributed by atoms with Gasteiger partial charge in [-0.2, -0.15) is 0 Å². The van der Waals surface area contributed by atoms with Gasteiger partial charge in [-0.3, -0.25) is 0 Å². The first kappa shape index (κ1) is 14.2. The highest BCUT2D eigenvalue weighted by Crippen LogP contribution is 2.11. The molecule has 0 bridgehead atoms. The number of benzene rings is 1. The topological polar surface area (TPSA) is 32.3 Å². The van der Waals surface area contributed by atoms with E-state index in [-0.39, 0.29) is 12.6 Å². The summed E-state index contributed by atoms with van der Waals surface area (Å²) in [7, 11) is 0. The van der Waals surface area contributed by atoms with E-state index in [4.69, 9.17) is 0 Å². The summed E-state index contributed by atoms with van der Waals surface area (Å²) in [6.07, 6.45) is 1.02. The zero-order chi connectivity index (χ0) is 12.8. The van der Waals surface area contributed by atoms with Crippen LogP contribution in [0.4, 0.5) is 0 Å². The molecule has 0 saturated heterocycles. The van der Waals surface area contributed by atoms with Gasteiger partial charge in [0.2, 0.25) is 0 Å². The predicted octanol–water partition coefficient (Wildman–Crippen LogP) is 2.45. The average molecular weight is 235 g/mol. The van der Waals surface area contributed by atoms with Crippen LogP contribution in [0.1, 0.15) is 30.5 Å². The largest absolute Gasteiger partial charge is 0.395 e. The van der Waals surface area contributed by atoms with Crippen LogP contribution in [0, 0.1) is 19.8 Å². The summed E-state index contributed by atoms with van der Waals surface area (Å²) < 4.78 is 0. The van der Waals surface area contributed by atoms with Crippen LogP contribution in [-0.4, -0.2) is 24.3 Å². The standard InChI is InChI=1S/C15H25NO/c1-11(2)15(10-17)16-8-7-14-9-12(3)5-6-13(14)4/h5-6,9,11,15-17H,7-8,10H2,1-4H3. The number of aliphatic hydroxyl groups excluding tert-OH is 1. The third-order valence-corrected chi connectivity index (χ3v) is 3.31. The van der Waals surface area contributed by atoms with Crippen LogP contribution in [0.3, 0.4) is 0 Å². The second-order valence-electron chi connectivity index (χ2n) is 5.17. The van der Waals surface area contributed by atoms with Gasteiger partial charge in [-0.25, -0.2) is 0 Å². The Labute approximate surface area is 105 Å². The molecule has 2 nitrogen and oxygen atoms in total. The summed E-state index contributed by atoms with van der Waals surface area (Å²) in [5.74, 6) is 0.471. The third-order valence-electron chi connectivity index (χ3n) is 3.31. The molecule has 0 saturated carbocycles. The van der Waals surface area contributed by atoms with E-state index < -0.39 is 0 Å². The maximum atomic E-state index is 9.23. The normalized spacial score (nSPS) is 13.1. The Hall–Kier alpha value is -0.860. The number of nitrogens with one attached hydrogen (secondary N) is 1. The summed E-state index contributed by atoms with van der Waals surface area (Å²) in [6.45, 7) is 9.68. The summed E-state index contributed by atoms with van der Waals surface area (Å²) in [5, 5.41) is 12.6. The SMILES string of the molecule is Cc1ccc(C)c(CCNC(CO)C(C)C)c1. The van der Waals surface area contributed by atoms with Gasteiger partial charge < -0.3 is 10.4 Å². The van der Waals surface area contributed by atoms with E-state index in [1.807, 2.05) is 0 Å². The summed E-state index contributed by atoms with van der Waals surface area (Å²) in [6, 6.07) is 6.79. The van der Waals surface area contributed by atoms with Crippen molar-refractivity contribution in [2.45, 2.75) is 40.2 Å². The minimum Gasteiger partial charge on any atom is -0.395 e. The highest BCUT2D eigenvalue weighted by molar-refractivity contribution is 5.30. The Balaban J connectivity index is 2.47. The fraction of sp³-hybridized carbons (Fsp3) is 0.600. The smallest absolute Gasteiger partial charge is 0.0587 e. The molecule has 96 valence electrons. The first-order valence-electron chi connectivity index (χ1n) is 6.45. The van der Waals surface area contributed by atoms with Crippen LogP contribution in [0.15, 0.2) is 18.2 Å².